The van der Waals surface area contributed by atoms with E-state index in [4.69, 9.17) is 0 Å². The number of hydrogen-bond donors (Lipinski definition) is 0. The highest BCUT2D eigenvalue weighted by molar-refractivity contribution is 7.13. The Morgan fingerprint density at radius 2 is 2.00 bits per heavy atom. The minimum atomic E-state index is 0.102. The lowest BCUT2D eigenvalue weighted by atomic mass is 9.95. The zero-order chi connectivity index (χ0) is 17.4. The molecule has 0 unspecified atom stereocenters. The van der Waals surface area contributed by atoms with Crippen molar-refractivity contribution in [3.63, 3.8) is 0 Å². The van der Waals surface area contributed by atoms with E-state index in [0.29, 0.717) is 12.5 Å². The predicted molar refractivity (Wildman–Crippen MR) is 96.4 cm³/mol. The second-order valence-corrected chi connectivity index (χ2v) is 8.70. The van der Waals surface area contributed by atoms with Gasteiger partial charge in [0.15, 0.2) is 0 Å². The molecular formula is C18H26N4O2S. The van der Waals surface area contributed by atoms with Gasteiger partial charge in [0.2, 0.25) is 5.91 Å². The number of thiazole rings is 1. The highest BCUT2D eigenvalue weighted by atomic mass is 32.1. The Balaban J connectivity index is 1.45. The second-order valence-electron chi connectivity index (χ2n) is 7.58. The Kier molecular flexibility index (Phi) is 4.78. The molecule has 0 saturated carbocycles. The number of carbonyl (C=O) groups is 2. The van der Waals surface area contributed by atoms with Gasteiger partial charge in [0.1, 0.15) is 9.88 Å². The molecule has 25 heavy (non-hydrogen) atoms. The Morgan fingerprint density at radius 1 is 1.20 bits per heavy atom. The van der Waals surface area contributed by atoms with Crippen LogP contribution in [0.3, 0.4) is 0 Å². The third kappa shape index (κ3) is 3.58. The molecule has 0 aliphatic carbocycles. The number of likely N-dealkylation sites (tertiary alicyclic amines) is 1. The summed E-state index contributed by atoms with van der Waals surface area (Å²) < 4.78 is 0. The molecule has 5 heterocycles. The molecule has 1 aromatic rings. The smallest absolute Gasteiger partial charge is 0.265 e. The van der Waals surface area contributed by atoms with Gasteiger partial charge < -0.3 is 9.80 Å². The van der Waals surface area contributed by atoms with Crippen molar-refractivity contribution >= 4 is 23.2 Å². The van der Waals surface area contributed by atoms with Crippen LogP contribution in [0, 0.1) is 5.92 Å². The van der Waals surface area contributed by atoms with Gasteiger partial charge in [-0.1, -0.05) is 0 Å². The van der Waals surface area contributed by atoms with E-state index >= 15 is 0 Å². The summed E-state index contributed by atoms with van der Waals surface area (Å²) >= 11 is 1.54. The highest BCUT2D eigenvalue weighted by Gasteiger charge is 2.38. The molecule has 4 aliphatic heterocycles. The van der Waals surface area contributed by atoms with Crippen molar-refractivity contribution in [2.75, 3.05) is 32.7 Å². The van der Waals surface area contributed by atoms with Crippen molar-refractivity contribution in [3.8, 4) is 0 Å². The maximum Gasteiger partial charge on any atom is 0.265 e. The number of fused-ring (bicyclic) bond motifs is 4. The number of hydrogen-bond acceptors (Lipinski definition) is 5. The van der Waals surface area contributed by atoms with E-state index in [2.05, 4.69) is 9.88 Å². The fraction of sp³-hybridized carbons (Fsp3) is 0.722. The molecular weight excluding hydrogens is 336 g/mol. The molecule has 4 fully saturated rings. The van der Waals surface area contributed by atoms with Gasteiger partial charge in [-0.15, -0.1) is 11.3 Å². The summed E-state index contributed by atoms with van der Waals surface area (Å²) in [7, 11) is 0. The lowest BCUT2D eigenvalue weighted by molar-refractivity contribution is -0.129. The minimum Gasteiger partial charge on any atom is -0.341 e. The predicted octanol–water partition coefficient (Wildman–Crippen LogP) is 1.82. The maximum absolute atomic E-state index is 13.0. The molecule has 2 bridgehead atoms. The largest absolute Gasteiger partial charge is 0.341 e. The molecule has 0 aromatic carbocycles. The molecule has 6 nitrogen and oxygen atoms in total. The van der Waals surface area contributed by atoms with Gasteiger partial charge in [-0.25, -0.2) is 4.98 Å². The number of nitrogens with zero attached hydrogens (tertiary/aromatic N) is 4. The van der Waals surface area contributed by atoms with Gasteiger partial charge in [0.05, 0.1) is 12.7 Å². The lowest BCUT2D eigenvalue weighted by Crippen LogP contribution is -2.47. The van der Waals surface area contributed by atoms with E-state index in [0.717, 1.165) is 55.5 Å². The van der Waals surface area contributed by atoms with E-state index in [1.807, 2.05) is 9.80 Å². The van der Waals surface area contributed by atoms with Crippen LogP contribution >= 0.6 is 11.3 Å². The first-order valence-electron chi connectivity index (χ1n) is 9.33. The molecule has 0 radical (unpaired) electrons. The quantitative estimate of drug-likeness (QED) is 0.823. The molecule has 7 heteroatoms. The molecule has 2 atom stereocenters. The van der Waals surface area contributed by atoms with Gasteiger partial charge in [0.25, 0.3) is 5.91 Å². The first-order valence-corrected chi connectivity index (χ1v) is 10.2. The summed E-state index contributed by atoms with van der Waals surface area (Å²) in [6, 6.07) is 0.152. The van der Waals surface area contributed by atoms with Gasteiger partial charge in [0, 0.05) is 32.6 Å². The average Bonchev–Trinajstić information content (AvgIpc) is 3.19. The topological polar surface area (TPSA) is 56.8 Å². The van der Waals surface area contributed by atoms with Crippen molar-refractivity contribution in [2.24, 2.45) is 5.92 Å². The molecule has 5 rings (SSSR count). The summed E-state index contributed by atoms with van der Waals surface area (Å²) in [4.78, 5) is 36.4. The van der Waals surface area contributed by atoms with E-state index in [1.165, 1.54) is 24.2 Å². The summed E-state index contributed by atoms with van der Waals surface area (Å²) in [6.45, 7) is 7.01. The average molecular weight is 362 g/mol. The lowest BCUT2D eigenvalue weighted by Gasteiger charge is -2.35. The maximum atomic E-state index is 13.0. The third-order valence-corrected chi connectivity index (χ3v) is 6.71. The van der Waals surface area contributed by atoms with Gasteiger partial charge >= 0.3 is 0 Å². The van der Waals surface area contributed by atoms with Crippen LogP contribution in [0.4, 0.5) is 0 Å². The molecule has 4 saturated heterocycles. The summed E-state index contributed by atoms with van der Waals surface area (Å²) in [6.07, 6.45) is 6.39. The van der Waals surface area contributed by atoms with Crippen LogP contribution < -0.4 is 0 Å². The van der Waals surface area contributed by atoms with Gasteiger partial charge in [-0.05, 0) is 44.7 Å². The summed E-state index contributed by atoms with van der Waals surface area (Å²) in [5.41, 5.74) is 0. The van der Waals surface area contributed by atoms with Crippen molar-refractivity contribution in [1.82, 2.24) is 19.7 Å². The van der Waals surface area contributed by atoms with Crippen molar-refractivity contribution < 1.29 is 9.59 Å². The Labute approximate surface area is 152 Å². The molecule has 0 N–H and O–H groups in total. The van der Waals surface area contributed by atoms with Crippen molar-refractivity contribution in [3.05, 3.63) is 16.1 Å². The van der Waals surface area contributed by atoms with E-state index in [-0.39, 0.29) is 17.9 Å². The molecule has 4 aliphatic rings. The monoisotopic (exact) mass is 362 g/mol. The molecule has 136 valence electrons. The number of aromatic nitrogens is 1. The van der Waals surface area contributed by atoms with Crippen LogP contribution in [0.25, 0.3) is 0 Å². The van der Waals surface area contributed by atoms with Crippen LogP contribution in [0.2, 0.25) is 0 Å². The molecule has 2 amide bonds. The van der Waals surface area contributed by atoms with E-state index in [9.17, 15) is 9.59 Å². The van der Waals surface area contributed by atoms with Crippen molar-refractivity contribution in [1.29, 1.82) is 0 Å². The first kappa shape index (κ1) is 17.0. The number of amides is 2. The van der Waals surface area contributed by atoms with Crippen LogP contribution in [0.1, 0.15) is 47.3 Å². The normalized spacial score (nSPS) is 26.9. The Morgan fingerprint density at radius 3 is 2.76 bits per heavy atom. The van der Waals surface area contributed by atoms with Crippen LogP contribution in [-0.4, -0.2) is 70.3 Å². The zero-order valence-corrected chi connectivity index (χ0v) is 15.6. The molecule has 0 spiro atoms. The molecule has 1 aromatic heterocycles. The number of piperidine rings is 1. The summed E-state index contributed by atoms with van der Waals surface area (Å²) in [5.74, 6) is 0.630. The third-order valence-electron chi connectivity index (χ3n) is 5.74. The fourth-order valence-electron chi connectivity index (χ4n) is 4.34. The van der Waals surface area contributed by atoms with E-state index in [1.54, 1.807) is 13.1 Å². The van der Waals surface area contributed by atoms with E-state index < -0.39 is 0 Å². The van der Waals surface area contributed by atoms with Gasteiger partial charge in [-0.3, -0.25) is 14.5 Å². The first-order chi connectivity index (χ1) is 12.1. The number of rotatable bonds is 3. The van der Waals surface area contributed by atoms with Crippen LogP contribution in [-0.2, 0) is 11.3 Å². The summed E-state index contributed by atoms with van der Waals surface area (Å²) in [5, 5.41) is 1.04. The zero-order valence-electron chi connectivity index (χ0n) is 14.8. The van der Waals surface area contributed by atoms with Crippen LogP contribution in [0.15, 0.2) is 6.20 Å². The minimum absolute atomic E-state index is 0.102. The van der Waals surface area contributed by atoms with Crippen molar-refractivity contribution in [2.45, 2.75) is 45.2 Å². The SMILES string of the molecule is CC(=O)N1C[C@@H]2CC[C@H](C1)N(C(=O)c1cnc(CN3CCCC3)s1)C2. The van der Waals surface area contributed by atoms with Gasteiger partial charge in [-0.2, -0.15) is 0 Å². The Hall–Kier alpha value is -1.47. The Bertz CT molecular complexity index is 655. The standard InChI is InChI=1S/C18H26N4O2S/c1-13(23)21-9-14-4-5-15(11-21)22(10-14)18(24)16-8-19-17(25-16)12-20-6-2-3-7-20/h8,14-15H,2-7,9-12H2,1H3/t14-,15+/m0/s1. The fourth-order valence-corrected chi connectivity index (χ4v) is 5.26. The van der Waals surface area contributed by atoms with Crippen LogP contribution in [0.5, 0.6) is 0 Å². The number of carbonyl (C=O) groups excluding carboxylic acids is 2. The highest BCUT2D eigenvalue weighted by Crippen LogP contribution is 2.30. The second kappa shape index (κ2) is 7.03.